The predicted molar refractivity (Wildman–Crippen MR) is 130 cm³/mol. The summed E-state index contributed by atoms with van der Waals surface area (Å²) in [4.78, 5) is 26.0. The first-order chi connectivity index (χ1) is 14.8. The van der Waals surface area contributed by atoms with Crippen LogP contribution in [0.15, 0.2) is 47.5 Å². The maximum atomic E-state index is 13.0. The Labute approximate surface area is 198 Å². The molecular weight excluding hydrogens is 443 g/mol. The molecule has 32 heavy (non-hydrogen) atoms. The number of carbonyl (C=O) groups excluding carboxylic acids is 2. The highest BCUT2D eigenvalue weighted by Crippen LogP contribution is 2.40. The molecule has 2 aliphatic heterocycles. The van der Waals surface area contributed by atoms with Crippen LogP contribution in [0.2, 0.25) is 10.0 Å². The van der Waals surface area contributed by atoms with E-state index in [1.165, 1.54) is 0 Å². The first-order valence-corrected chi connectivity index (χ1v) is 11.3. The molecule has 0 bridgehead atoms. The van der Waals surface area contributed by atoms with Crippen molar-refractivity contribution in [3.63, 3.8) is 0 Å². The molecule has 4 nitrogen and oxygen atoms in total. The third-order valence-electron chi connectivity index (χ3n) is 5.81. The van der Waals surface area contributed by atoms with E-state index < -0.39 is 0 Å². The summed E-state index contributed by atoms with van der Waals surface area (Å²) in [5.74, 6) is -0.606. The summed E-state index contributed by atoms with van der Waals surface area (Å²) in [6.07, 6.45) is 0. The van der Waals surface area contributed by atoms with Crippen LogP contribution in [0.25, 0.3) is 11.4 Å². The van der Waals surface area contributed by atoms with Gasteiger partial charge in [-0.2, -0.15) is 0 Å². The Morgan fingerprint density at radius 2 is 0.969 bits per heavy atom. The minimum absolute atomic E-state index is 0.185. The lowest BCUT2D eigenvalue weighted by molar-refractivity contribution is -0.117. The largest absolute Gasteiger partial charge is 0.321 e. The van der Waals surface area contributed by atoms with Crippen molar-refractivity contribution in [1.82, 2.24) is 10.6 Å². The Balaban J connectivity index is 1.89. The molecule has 4 rings (SSSR count). The van der Waals surface area contributed by atoms with E-state index in [2.05, 4.69) is 52.2 Å². The summed E-state index contributed by atoms with van der Waals surface area (Å²) in [6, 6.07) is 11.2. The molecule has 0 saturated carbocycles. The van der Waals surface area contributed by atoms with Gasteiger partial charge in [0.2, 0.25) is 0 Å². The molecule has 2 amide bonds. The van der Waals surface area contributed by atoms with Crippen molar-refractivity contribution in [2.24, 2.45) is 0 Å². The third-order valence-corrected chi connectivity index (χ3v) is 6.47. The Kier molecular flexibility index (Phi) is 5.30. The zero-order valence-electron chi connectivity index (χ0n) is 19.0. The van der Waals surface area contributed by atoms with Crippen LogP contribution < -0.4 is 10.6 Å². The minimum Gasteiger partial charge on any atom is -0.321 e. The number of benzene rings is 2. The van der Waals surface area contributed by atoms with Crippen molar-refractivity contribution in [1.29, 1.82) is 0 Å². The zero-order chi connectivity index (χ0) is 23.6. The summed E-state index contributed by atoms with van der Waals surface area (Å²) in [5, 5.41) is 7.12. The van der Waals surface area contributed by atoms with Gasteiger partial charge in [-0.3, -0.25) is 9.59 Å². The molecule has 0 aliphatic carbocycles. The van der Waals surface area contributed by atoms with Gasteiger partial charge in [0, 0.05) is 10.0 Å². The van der Waals surface area contributed by atoms with Gasteiger partial charge < -0.3 is 10.6 Å². The molecule has 166 valence electrons. The quantitative estimate of drug-likeness (QED) is 0.570. The van der Waals surface area contributed by atoms with Gasteiger partial charge in [0.05, 0.1) is 22.5 Å². The number of hydrogen-bond acceptors (Lipinski definition) is 2. The Bertz CT molecular complexity index is 1140. The van der Waals surface area contributed by atoms with Crippen molar-refractivity contribution in [3.05, 3.63) is 79.8 Å². The van der Waals surface area contributed by atoms with Gasteiger partial charge in [0.1, 0.15) is 0 Å². The highest BCUT2D eigenvalue weighted by Gasteiger charge is 2.41. The maximum absolute atomic E-state index is 13.0. The van der Waals surface area contributed by atoms with Gasteiger partial charge in [-0.15, -0.1) is 0 Å². The minimum atomic E-state index is -0.303. The molecule has 0 atom stereocenters. The molecule has 0 radical (unpaired) electrons. The smallest absolute Gasteiger partial charge is 0.258 e. The van der Waals surface area contributed by atoms with Gasteiger partial charge >= 0.3 is 0 Å². The molecule has 0 aromatic heterocycles. The van der Waals surface area contributed by atoms with E-state index in [0.29, 0.717) is 32.6 Å². The summed E-state index contributed by atoms with van der Waals surface area (Å²) >= 11 is 12.8. The average molecular weight is 469 g/mol. The van der Waals surface area contributed by atoms with E-state index >= 15 is 0 Å². The van der Waals surface area contributed by atoms with E-state index in [0.717, 1.165) is 22.3 Å². The molecule has 2 aliphatic rings. The second kappa shape index (κ2) is 7.50. The summed E-state index contributed by atoms with van der Waals surface area (Å²) in [5.41, 5.74) is 4.75. The number of hydrogen-bond donors (Lipinski definition) is 2. The van der Waals surface area contributed by atoms with Crippen molar-refractivity contribution in [3.8, 4) is 0 Å². The number of carbonyl (C=O) groups is 2. The van der Waals surface area contributed by atoms with Crippen LogP contribution in [0.1, 0.15) is 63.8 Å². The summed E-state index contributed by atoms with van der Waals surface area (Å²) in [7, 11) is 0. The van der Waals surface area contributed by atoms with Gasteiger partial charge in [0.15, 0.2) is 0 Å². The van der Waals surface area contributed by atoms with E-state index in [-0.39, 0.29) is 22.6 Å². The number of halogens is 2. The van der Waals surface area contributed by atoms with Crippen molar-refractivity contribution in [2.45, 2.75) is 52.4 Å². The number of amides is 2. The topological polar surface area (TPSA) is 58.2 Å². The Morgan fingerprint density at radius 1 is 0.625 bits per heavy atom. The van der Waals surface area contributed by atoms with Crippen LogP contribution in [0.4, 0.5) is 0 Å². The molecule has 2 aromatic rings. The fourth-order valence-electron chi connectivity index (χ4n) is 4.13. The van der Waals surface area contributed by atoms with Crippen LogP contribution >= 0.6 is 23.2 Å². The predicted octanol–water partition coefficient (Wildman–Crippen LogP) is 5.97. The van der Waals surface area contributed by atoms with Crippen LogP contribution in [0, 0.1) is 0 Å². The van der Waals surface area contributed by atoms with Crippen LogP contribution in [0.5, 0.6) is 0 Å². The Hall–Kier alpha value is -2.56. The molecule has 2 heterocycles. The molecule has 0 fully saturated rings. The van der Waals surface area contributed by atoms with E-state index in [1.54, 1.807) is 0 Å². The number of fused-ring (bicyclic) bond motifs is 1. The lowest BCUT2D eigenvalue weighted by Gasteiger charge is -2.22. The molecule has 0 unspecified atom stereocenters. The maximum Gasteiger partial charge on any atom is 0.258 e. The van der Waals surface area contributed by atoms with E-state index in [1.807, 2.05) is 36.4 Å². The average Bonchev–Trinajstić information content (AvgIpc) is 3.19. The Morgan fingerprint density at radius 3 is 1.28 bits per heavy atom. The van der Waals surface area contributed by atoms with Gasteiger partial charge in [-0.05, 0) is 57.3 Å². The van der Waals surface area contributed by atoms with Gasteiger partial charge in [-0.1, -0.05) is 76.9 Å². The number of rotatable bonds is 2. The number of nitrogens with one attached hydrogen (secondary N) is 2. The molecule has 6 heteroatoms. The third kappa shape index (κ3) is 3.76. The molecule has 0 spiro atoms. The summed E-state index contributed by atoms with van der Waals surface area (Å²) < 4.78 is 0. The summed E-state index contributed by atoms with van der Waals surface area (Å²) in [6.45, 7) is 12.4. The lowest BCUT2D eigenvalue weighted by Crippen LogP contribution is -2.22. The first-order valence-electron chi connectivity index (χ1n) is 10.5. The molecular formula is C26H26Cl2N2O2. The van der Waals surface area contributed by atoms with E-state index in [9.17, 15) is 9.59 Å². The highest BCUT2D eigenvalue weighted by atomic mass is 35.5. The lowest BCUT2D eigenvalue weighted by atomic mass is 9.85. The molecule has 2 aromatic carbocycles. The first kappa shape index (κ1) is 22.6. The van der Waals surface area contributed by atoms with E-state index in [4.69, 9.17) is 23.2 Å². The van der Waals surface area contributed by atoms with Crippen molar-refractivity contribution >= 4 is 46.4 Å². The van der Waals surface area contributed by atoms with Crippen LogP contribution in [-0.4, -0.2) is 11.8 Å². The zero-order valence-corrected chi connectivity index (χ0v) is 20.5. The molecule has 0 saturated heterocycles. The van der Waals surface area contributed by atoms with Crippen molar-refractivity contribution in [2.75, 3.05) is 0 Å². The monoisotopic (exact) mass is 468 g/mol. The SMILES string of the molecule is CC(C)(C)c1cc(C2=C3C(=O)NC(c4ccc(Cl)c(C(C)(C)C)c4)=C3C(=O)N2)ccc1Cl. The standard InChI is InChI=1S/C26H26Cl2N2O2/c1-25(2,3)15-11-13(7-9-17(15)27)21-19-20(24(32)29-21)22(30-23(19)31)14-8-10-18(28)16(12-14)26(4,5)6/h7-12H,1-6H3,(H,29,32)(H,30,31). The normalized spacial score (nSPS) is 16.5. The van der Waals surface area contributed by atoms with Crippen LogP contribution in [0.3, 0.4) is 0 Å². The fourth-order valence-corrected chi connectivity index (χ4v) is 4.93. The fraction of sp³-hybridized carbons (Fsp3) is 0.308. The second-order valence-corrected chi connectivity index (χ2v) is 11.1. The van der Waals surface area contributed by atoms with Crippen LogP contribution in [-0.2, 0) is 20.4 Å². The molecule has 2 N–H and O–H groups in total. The van der Waals surface area contributed by atoms with Crippen molar-refractivity contribution < 1.29 is 9.59 Å². The highest BCUT2D eigenvalue weighted by molar-refractivity contribution is 6.33. The van der Waals surface area contributed by atoms with Gasteiger partial charge in [0.25, 0.3) is 11.8 Å². The van der Waals surface area contributed by atoms with Gasteiger partial charge in [-0.25, -0.2) is 0 Å². The second-order valence-electron chi connectivity index (χ2n) is 10.3.